The SMILES string of the molecule is CC(C)(C)C(=O)N(Cc1ccc(Cl)cc1Cl)c1cnccn1. The summed E-state index contributed by atoms with van der Waals surface area (Å²) in [6.07, 6.45) is 4.69. The second-order valence-corrected chi connectivity index (χ2v) is 6.78. The van der Waals surface area contributed by atoms with E-state index in [1.807, 2.05) is 26.8 Å². The van der Waals surface area contributed by atoms with Crippen LogP contribution in [-0.4, -0.2) is 15.9 Å². The number of carbonyl (C=O) groups is 1. The van der Waals surface area contributed by atoms with Crippen LogP contribution in [0.5, 0.6) is 0 Å². The molecule has 0 bridgehead atoms. The van der Waals surface area contributed by atoms with Crippen molar-refractivity contribution >= 4 is 34.9 Å². The first-order valence-electron chi connectivity index (χ1n) is 6.81. The molecule has 0 radical (unpaired) electrons. The van der Waals surface area contributed by atoms with Crippen LogP contribution in [0.4, 0.5) is 5.82 Å². The lowest BCUT2D eigenvalue weighted by molar-refractivity contribution is -0.126. The van der Waals surface area contributed by atoms with Crippen molar-refractivity contribution in [3.05, 3.63) is 52.4 Å². The zero-order valence-corrected chi connectivity index (χ0v) is 14.2. The number of halogens is 2. The van der Waals surface area contributed by atoms with Gasteiger partial charge in [0, 0.05) is 27.9 Å². The minimum atomic E-state index is -0.545. The molecule has 1 amide bonds. The molecule has 2 rings (SSSR count). The van der Waals surface area contributed by atoms with Crippen LogP contribution in [0.3, 0.4) is 0 Å². The minimum absolute atomic E-state index is 0.0565. The molecule has 1 heterocycles. The molecule has 2 aromatic rings. The highest BCUT2D eigenvalue weighted by Gasteiger charge is 2.29. The predicted molar refractivity (Wildman–Crippen MR) is 89.1 cm³/mol. The second kappa shape index (κ2) is 6.63. The van der Waals surface area contributed by atoms with Gasteiger partial charge in [-0.05, 0) is 17.7 Å². The Morgan fingerprint density at radius 1 is 1.23 bits per heavy atom. The molecule has 0 fully saturated rings. The molecule has 0 aliphatic carbocycles. The Morgan fingerprint density at radius 2 is 1.95 bits per heavy atom. The van der Waals surface area contributed by atoms with Crippen LogP contribution in [-0.2, 0) is 11.3 Å². The summed E-state index contributed by atoms with van der Waals surface area (Å²) in [6, 6.07) is 5.22. The van der Waals surface area contributed by atoms with Gasteiger partial charge in [0.1, 0.15) is 0 Å². The molecule has 0 aliphatic heterocycles. The number of carbonyl (C=O) groups excluding carboxylic acids is 1. The third kappa shape index (κ3) is 3.96. The standard InChI is InChI=1S/C16H17Cl2N3O/c1-16(2,3)15(22)21(14-9-19-6-7-20-14)10-11-4-5-12(17)8-13(11)18/h4-9H,10H2,1-3H3. The van der Waals surface area contributed by atoms with E-state index in [1.165, 1.54) is 0 Å². The molecule has 0 spiro atoms. The first kappa shape index (κ1) is 16.7. The Kier molecular flexibility index (Phi) is 5.04. The number of anilines is 1. The average molecular weight is 338 g/mol. The van der Waals surface area contributed by atoms with E-state index in [-0.39, 0.29) is 5.91 Å². The Morgan fingerprint density at radius 3 is 2.50 bits per heavy atom. The summed E-state index contributed by atoms with van der Waals surface area (Å²) in [4.78, 5) is 22.6. The lowest BCUT2D eigenvalue weighted by Crippen LogP contribution is -2.39. The highest BCUT2D eigenvalue weighted by atomic mass is 35.5. The third-order valence-electron chi connectivity index (χ3n) is 3.06. The van der Waals surface area contributed by atoms with Crippen molar-refractivity contribution in [1.29, 1.82) is 0 Å². The van der Waals surface area contributed by atoms with Crippen LogP contribution < -0.4 is 4.90 Å². The summed E-state index contributed by atoms with van der Waals surface area (Å²) in [7, 11) is 0. The van der Waals surface area contributed by atoms with E-state index in [0.29, 0.717) is 22.4 Å². The maximum Gasteiger partial charge on any atom is 0.233 e. The van der Waals surface area contributed by atoms with E-state index < -0.39 is 5.41 Å². The number of amides is 1. The third-order valence-corrected chi connectivity index (χ3v) is 3.64. The predicted octanol–water partition coefficient (Wildman–Crippen LogP) is 4.36. The van der Waals surface area contributed by atoms with Crippen LogP contribution in [0.2, 0.25) is 10.0 Å². The van der Waals surface area contributed by atoms with Crippen molar-refractivity contribution in [2.24, 2.45) is 5.41 Å². The van der Waals surface area contributed by atoms with E-state index in [4.69, 9.17) is 23.2 Å². The highest BCUT2D eigenvalue weighted by molar-refractivity contribution is 6.35. The summed E-state index contributed by atoms with van der Waals surface area (Å²) in [5.41, 5.74) is 0.255. The lowest BCUT2D eigenvalue weighted by Gasteiger charge is -2.28. The van der Waals surface area contributed by atoms with Gasteiger partial charge in [0.25, 0.3) is 0 Å². The van der Waals surface area contributed by atoms with E-state index >= 15 is 0 Å². The maximum atomic E-state index is 12.7. The molecule has 6 heteroatoms. The quantitative estimate of drug-likeness (QED) is 0.835. The lowest BCUT2D eigenvalue weighted by atomic mass is 9.94. The van der Waals surface area contributed by atoms with Crippen LogP contribution in [0, 0.1) is 5.41 Å². The monoisotopic (exact) mass is 337 g/mol. The minimum Gasteiger partial charge on any atom is -0.291 e. The van der Waals surface area contributed by atoms with E-state index in [9.17, 15) is 4.79 Å². The van der Waals surface area contributed by atoms with Crippen LogP contribution in [0.15, 0.2) is 36.8 Å². The molecule has 4 nitrogen and oxygen atoms in total. The highest BCUT2D eigenvalue weighted by Crippen LogP contribution is 2.27. The molecule has 0 saturated carbocycles. The summed E-state index contributed by atoms with van der Waals surface area (Å²) in [6.45, 7) is 5.90. The van der Waals surface area contributed by atoms with Gasteiger partial charge in [-0.3, -0.25) is 14.7 Å². The number of hydrogen-bond donors (Lipinski definition) is 0. The van der Waals surface area contributed by atoms with Gasteiger partial charge in [-0.1, -0.05) is 50.0 Å². The number of aromatic nitrogens is 2. The van der Waals surface area contributed by atoms with Crippen LogP contribution in [0.25, 0.3) is 0 Å². The first-order chi connectivity index (χ1) is 10.3. The topological polar surface area (TPSA) is 46.1 Å². The van der Waals surface area contributed by atoms with Crippen LogP contribution in [0.1, 0.15) is 26.3 Å². The average Bonchev–Trinajstić information content (AvgIpc) is 2.46. The number of hydrogen-bond acceptors (Lipinski definition) is 3. The molecule has 1 aromatic carbocycles. The summed E-state index contributed by atoms with van der Waals surface area (Å²) >= 11 is 12.1. The Bertz CT molecular complexity index is 669. The normalized spacial score (nSPS) is 11.3. The maximum absolute atomic E-state index is 12.7. The fourth-order valence-electron chi connectivity index (χ4n) is 1.91. The molecule has 0 saturated heterocycles. The van der Waals surface area contributed by atoms with Crippen molar-refractivity contribution in [2.75, 3.05) is 4.90 Å². The fourth-order valence-corrected chi connectivity index (χ4v) is 2.38. The molecule has 0 N–H and O–H groups in total. The van der Waals surface area contributed by atoms with E-state index in [0.717, 1.165) is 5.56 Å². The molecule has 22 heavy (non-hydrogen) atoms. The number of nitrogens with zero attached hydrogens (tertiary/aromatic N) is 3. The van der Waals surface area contributed by atoms with Gasteiger partial charge in [0.2, 0.25) is 5.91 Å². The summed E-state index contributed by atoms with van der Waals surface area (Å²) in [5.74, 6) is 0.437. The van der Waals surface area contributed by atoms with Gasteiger partial charge >= 0.3 is 0 Å². The second-order valence-electron chi connectivity index (χ2n) is 5.94. The van der Waals surface area contributed by atoms with Gasteiger partial charge in [-0.15, -0.1) is 0 Å². The smallest absolute Gasteiger partial charge is 0.233 e. The Labute approximate surface area is 140 Å². The Hall–Kier alpha value is -1.65. The van der Waals surface area contributed by atoms with E-state index in [1.54, 1.807) is 35.6 Å². The van der Waals surface area contributed by atoms with Crippen molar-refractivity contribution < 1.29 is 4.79 Å². The molecule has 0 aliphatic rings. The van der Waals surface area contributed by atoms with Gasteiger partial charge in [0.15, 0.2) is 5.82 Å². The van der Waals surface area contributed by atoms with Crippen molar-refractivity contribution in [2.45, 2.75) is 27.3 Å². The largest absolute Gasteiger partial charge is 0.291 e. The zero-order chi connectivity index (χ0) is 16.3. The van der Waals surface area contributed by atoms with Crippen molar-refractivity contribution in [3.63, 3.8) is 0 Å². The van der Waals surface area contributed by atoms with Crippen LogP contribution >= 0.6 is 23.2 Å². The van der Waals surface area contributed by atoms with Gasteiger partial charge in [-0.25, -0.2) is 4.98 Å². The molecule has 0 unspecified atom stereocenters. The fraction of sp³-hybridized carbons (Fsp3) is 0.312. The van der Waals surface area contributed by atoms with Crippen molar-refractivity contribution in [1.82, 2.24) is 9.97 Å². The van der Waals surface area contributed by atoms with Gasteiger partial charge < -0.3 is 0 Å². The number of benzene rings is 1. The Balaban J connectivity index is 2.39. The van der Waals surface area contributed by atoms with Gasteiger partial charge in [-0.2, -0.15) is 0 Å². The number of rotatable bonds is 3. The zero-order valence-electron chi connectivity index (χ0n) is 12.7. The molecule has 1 aromatic heterocycles. The molecular weight excluding hydrogens is 321 g/mol. The van der Waals surface area contributed by atoms with E-state index in [2.05, 4.69) is 9.97 Å². The summed E-state index contributed by atoms with van der Waals surface area (Å²) in [5, 5.41) is 1.07. The molecule has 116 valence electrons. The van der Waals surface area contributed by atoms with Gasteiger partial charge in [0.05, 0.1) is 12.7 Å². The molecule has 0 atom stereocenters. The summed E-state index contributed by atoms with van der Waals surface area (Å²) < 4.78 is 0. The van der Waals surface area contributed by atoms with Crippen molar-refractivity contribution in [3.8, 4) is 0 Å². The molecular formula is C16H17Cl2N3O. The first-order valence-corrected chi connectivity index (χ1v) is 7.56.